The minimum absolute atomic E-state index is 0.219. The number of aromatic nitrogens is 1. The summed E-state index contributed by atoms with van der Waals surface area (Å²) in [7, 11) is -2.91. The molecule has 6 heteroatoms. The summed E-state index contributed by atoms with van der Waals surface area (Å²) in [6, 6.07) is 8.09. The second-order valence-corrected chi connectivity index (χ2v) is 8.67. The summed E-state index contributed by atoms with van der Waals surface area (Å²) in [4.78, 5) is 6.77. The normalized spacial score (nSPS) is 15.8. The first-order chi connectivity index (χ1) is 10.9. The highest BCUT2D eigenvalue weighted by atomic mass is 32.2. The second kappa shape index (κ2) is 6.00. The predicted molar refractivity (Wildman–Crippen MR) is 95.6 cm³/mol. The monoisotopic (exact) mass is 333 g/mol. The van der Waals surface area contributed by atoms with Crippen LogP contribution < -0.4 is 10.6 Å². The van der Waals surface area contributed by atoms with Crippen LogP contribution in [-0.2, 0) is 16.3 Å². The third-order valence-corrected chi connectivity index (χ3v) is 5.33. The van der Waals surface area contributed by atoms with E-state index in [2.05, 4.69) is 28.9 Å². The molecule has 23 heavy (non-hydrogen) atoms. The van der Waals surface area contributed by atoms with Gasteiger partial charge in [-0.2, -0.15) is 0 Å². The van der Waals surface area contributed by atoms with E-state index < -0.39 is 9.84 Å². The van der Waals surface area contributed by atoms with E-state index in [-0.39, 0.29) is 11.7 Å². The number of aryl methyl sites for hydroxylation is 1. The van der Waals surface area contributed by atoms with Crippen molar-refractivity contribution in [2.75, 3.05) is 35.7 Å². The lowest BCUT2D eigenvalue weighted by Crippen LogP contribution is -2.49. The molecule has 0 atom stereocenters. The first-order valence-electron chi connectivity index (χ1n) is 7.98. The van der Waals surface area contributed by atoms with E-state index in [1.165, 1.54) is 6.26 Å². The Morgan fingerprint density at radius 1 is 1.35 bits per heavy atom. The molecule has 3 rings (SSSR count). The first-order valence-corrected chi connectivity index (χ1v) is 10.0. The van der Waals surface area contributed by atoms with Crippen LogP contribution >= 0.6 is 0 Å². The zero-order chi connectivity index (χ0) is 16.6. The highest BCUT2D eigenvalue weighted by Gasteiger charge is 2.30. The lowest BCUT2D eigenvalue weighted by atomic mass is 9.97. The quantitative estimate of drug-likeness (QED) is 0.908. The minimum atomic E-state index is -2.91. The molecule has 1 aromatic carbocycles. The van der Waals surface area contributed by atoms with Crippen molar-refractivity contribution in [3.05, 3.63) is 30.0 Å². The van der Waals surface area contributed by atoms with Crippen molar-refractivity contribution in [1.82, 2.24) is 4.98 Å². The Bertz CT molecular complexity index is 827. The Hall–Kier alpha value is -1.82. The second-order valence-electron chi connectivity index (χ2n) is 6.48. The van der Waals surface area contributed by atoms with Gasteiger partial charge >= 0.3 is 0 Å². The van der Waals surface area contributed by atoms with E-state index in [0.29, 0.717) is 5.82 Å². The van der Waals surface area contributed by atoms with Gasteiger partial charge in [0.15, 0.2) is 0 Å². The van der Waals surface area contributed by atoms with Crippen molar-refractivity contribution in [3.8, 4) is 0 Å². The van der Waals surface area contributed by atoms with Crippen molar-refractivity contribution in [2.45, 2.75) is 19.8 Å². The molecule has 0 amide bonds. The van der Waals surface area contributed by atoms with Crippen LogP contribution in [-0.4, -0.2) is 38.5 Å². The average Bonchev–Trinajstić information content (AvgIpc) is 2.41. The van der Waals surface area contributed by atoms with Crippen molar-refractivity contribution in [3.63, 3.8) is 0 Å². The summed E-state index contributed by atoms with van der Waals surface area (Å²) in [5.74, 6) is 1.04. The van der Waals surface area contributed by atoms with Crippen LogP contribution in [0.3, 0.4) is 0 Å². The fourth-order valence-corrected chi connectivity index (χ4v) is 4.44. The van der Waals surface area contributed by atoms with Gasteiger partial charge in [-0.25, -0.2) is 13.4 Å². The molecule has 0 aliphatic carbocycles. The molecule has 1 aliphatic heterocycles. The smallest absolute Gasteiger partial charge is 0.147 e. The van der Waals surface area contributed by atoms with Crippen molar-refractivity contribution in [2.24, 2.45) is 5.92 Å². The summed E-state index contributed by atoms with van der Waals surface area (Å²) in [6.07, 6.45) is 3.20. The van der Waals surface area contributed by atoms with Crippen molar-refractivity contribution >= 4 is 32.1 Å². The molecule has 2 N–H and O–H groups in total. The Balaban J connectivity index is 1.93. The van der Waals surface area contributed by atoms with E-state index in [9.17, 15) is 8.42 Å². The number of nitrogens with two attached hydrogens (primary N) is 1. The molecule has 1 fully saturated rings. The van der Waals surface area contributed by atoms with Gasteiger partial charge in [-0.15, -0.1) is 0 Å². The number of nitrogens with zero attached hydrogens (tertiary/aromatic N) is 2. The molecule has 5 nitrogen and oxygen atoms in total. The number of fused-ring (bicyclic) bond motifs is 1. The maximum atomic E-state index is 11.4. The van der Waals surface area contributed by atoms with Gasteiger partial charge in [-0.05, 0) is 23.9 Å². The van der Waals surface area contributed by atoms with Gasteiger partial charge in [0.2, 0.25) is 0 Å². The molecule has 0 bridgehead atoms. The molecule has 1 aliphatic rings. The molecule has 124 valence electrons. The summed E-state index contributed by atoms with van der Waals surface area (Å²) >= 11 is 0. The third kappa shape index (κ3) is 3.42. The van der Waals surface area contributed by atoms with Gasteiger partial charge in [-0.1, -0.05) is 25.5 Å². The molecule has 1 aromatic heterocycles. The average molecular weight is 333 g/mol. The topological polar surface area (TPSA) is 76.3 Å². The number of nitrogen functional groups attached to an aromatic ring is 1. The van der Waals surface area contributed by atoms with E-state index in [4.69, 9.17) is 5.73 Å². The Kier molecular flexibility index (Phi) is 4.19. The van der Waals surface area contributed by atoms with E-state index in [1.807, 2.05) is 12.1 Å². The molecule has 0 radical (unpaired) electrons. The van der Waals surface area contributed by atoms with Gasteiger partial charge < -0.3 is 10.6 Å². The largest absolute Gasteiger partial charge is 0.384 e. The number of hydrogen-bond acceptors (Lipinski definition) is 5. The number of sulfone groups is 1. The molecule has 0 spiro atoms. The highest BCUT2D eigenvalue weighted by molar-refractivity contribution is 7.90. The van der Waals surface area contributed by atoms with Gasteiger partial charge in [0, 0.05) is 36.3 Å². The van der Waals surface area contributed by atoms with E-state index in [1.54, 1.807) is 0 Å². The number of anilines is 2. The SMILES string of the molecule is CCCc1nc(N)cc2cccc(N3CC(CS(C)(=O)=O)C3)c12. The molecule has 2 aromatic rings. The van der Waals surface area contributed by atoms with Crippen LogP contribution in [0.2, 0.25) is 0 Å². The van der Waals surface area contributed by atoms with Gasteiger partial charge in [0.05, 0.1) is 11.4 Å². The number of rotatable bonds is 5. The van der Waals surface area contributed by atoms with Gasteiger partial charge in [-0.3, -0.25) is 0 Å². The van der Waals surface area contributed by atoms with E-state index >= 15 is 0 Å². The third-order valence-electron chi connectivity index (χ3n) is 4.25. The highest BCUT2D eigenvalue weighted by Crippen LogP contribution is 2.35. The summed E-state index contributed by atoms with van der Waals surface area (Å²) in [5.41, 5.74) is 8.10. The van der Waals surface area contributed by atoms with Crippen molar-refractivity contribution in [1.29, 1.82) is 0 Å². The maximum Gasteiger partial charge on any atom is 0.147 e. The lowest BCUT2D eigenvalue weighted by Gasteiger charge is -2.41. The molecule has 1 saturated heterocycles. The molecule has 2 heterocycles. The van der Waals surface area contributed by atoms with Crippen LogP contribution in [0.4, 0.5) is 11.5 Å². The summed E-state index contributed by atoms with van der Waals surface area (Å²) in [6.45, 7) is 3.69. The van der Waals surface area contributed by atoms with Crippen LogP contribution in [0, 0.1) is 5.92 Å². The predicted octanol–water partition coefficient (Wildman–Crippen LogP) is 2.25. The lowest BCUT2D eigenvalue weighted by molar-refractivity contribution is 0.445. The molecular formula is C17H23N3O2S. The van der Waals surface area contributed by atoms with Gasteiger partial charge in [0.1, 0.15) is 15.7 Å². The molecule has 0 saturated carbocycles. The maximum absolute atomic E-state index is 11.4. The fraction of sp³-hybridized carbons (Fsp3) is 0.471. The van der Waals surface area contributed by atoms with Crippen molar-refractivity contribution < 1.29 is 8.42 Å². The van der Waals surface area contributed by atoms with Crippen LogP contribution in [0.25, 0.3) is 10.8 Å². The van der Waals surface area contributed by atoms with Crippen LogP contribution in [0.5, 0.6) is 0 Å². The Morgan fingerprint density at radius 2 is 2.09 bits per heavy atom. The standard InChI is InChI=1S/C17H23N3O2S/c1-3-5-14-17-13(8-16(18)19-14)6-4-7-15(17)20-9-12(10-20)11-23(2,21)22/h4,6-8,12H,3,5,9-11H2,1-2H3,(H2,18,19). The molecular weight excluding hydrogens is 310 g/mol. The number of pyridine rings is 1. The number of hydrogen-bond donors (Lipinski definition) is 1. The number of benzene rings is 1. The van der Waals surface area contributed by atoms with Crippen LogP contribution in [0.1, 0.15) is 19.0 Å². The van der Waals surface area contributed by atoms with Crippen LogP contribution in [0.15, 0.2) is 24.3 Å². The fourth-order valence-electron chi connectivity index (χ4n) is 3.38. The summed E-state index contributed by atoms with van der Waals surface area (Å²) < 4.78 is 22.8. The minimum Gasteiger partial charge on any atom is -0.384 e. The van der Waals surface area contributed by atoms with Gasteiger partial charge in [0.25, 0.3) is 0 Å². The molecule has 0 unspecified atom stereocenters. The van der Waals surface area contributed by atoms with E-state index in [0.717, 1.165) is 48.1 Å². The Morgan fingerprint density at radius 3 is 2.74 bits per heavy atom. The summed E-state index contributed by atoms with van der Waals surface area (Å²) in [5, 5.41) is 2.26. The zero-order valence-electron chi connectivity index (χ0n) is 13.6. The zero-order valence-corrected chi connectivity index (χ0v) is 14.4. The first kappa shape index (κ1) is 16.1. The Labute approximate surface area is 137 Å².